The van der Waals surface area contributed by atoms with Gasteiger partial charge in [-0.1, -0.05) is 0 Å². The summed E-state index contributed by atoms with van der Waals surface area (Å²) in [5.41, 5.74) is 0.413. The molecule has 0 radical (unpaired) electrons. The molecule has 2 heterocycles. The number of hydrogen-bond donors (Lipinski definition) is 2. The summed E-state index contributed by atoms with van der Waals surface area (Å²) in [7, 11) is 0. The van der Waals surface area contributed by atoms with Crippen molar-refractivity contribution < 1.29 is 9.90 Å². The van der Waals surface area contributed by atoms with Crippen molar-refractivity contribution in [3.05, 3.63) is 23.9 Å². The smallest absolute Gasteiger partial charge is 0.354 e. The second kappa shape index (κ2) is 3.26. The molecule has 2 aromatic rings. The van der Waals surface area contributed by atoms with Crippen LogP contribution in [0.2, 0.25) is 0 Å². The minimum atomic E-state index is -1.08. The predicted molar refractivity (Wildman–Crippen MR) is 50.4 cm³/mol. The minimum Gasteiger partial charge on any atom is -0.477 e. The van der Waals surface area contributed by atoms with Gasteiger partial charge in [-0.25, -0.2) is 14.8 Å². The van der Waals surface area contributed by atoms with Gasteiger partial charge in [-0.3, -0.25) is 0 Å². The van der Waals surface area contributed by atoms with E-state index in [-0.39, 0.29) is 5.69 Å². The minimum absolute atomic E-state index is 0.0467. The Labute approximate surface area is 84.0 Å². The standard InChI is InChI=1S/C7H6N4O2S/c12-7(13)4-1-5-8-3-9-11(5)6(2-14)10-4/h1,3,14H,2H2,(H,12,13). The van der Waals surface area contributed by atoms with Gasteiger partial charge in [-0.05, 0) is 0 Å². The van der Waals surface area contributed by atoms with Crippen molar-refractivity contribution in [2.45, 2.75) is 5.75 Å². The zero-order chi connectivity index (χ0) is 10.1. The summed E-state index contributed by atoms with van der Waals surface area (Å²) in [4.78, 5) is 18.5. The quantitative estimate of drug-likeness (QED) is 0.694. The van der Waals surface area contributed by atoms with Crippen molar-refractivity contribution in [3.63, 3.8) is 0 Å². The molecule has 2 aromatic heterocycles. The number of rotatable bonds is 2. The predicted octanol–water partition coefficient (Wildman–Crippen LogP) is 0.252. The lowest BCUT2D eigenvalue weighted by Crippen LogP contribution is -2.07. The first-order chi connectivity index (χ1) is 6.72. The molecule has 0 bridgehead atoms. The van der Waals surface area contributed by atoms with Gasteiger partial charge in [0.05, 0.1) is 5.75 Å². The third kappa shape index (κ3) is 1.31. The fourth-order valence-electron chi connectivity index (χ4n) is 1.10. The number of fused-ring (bicyclic) bond motifs is 1. The highest BCUT2D eigenvalue weighted by atomic mass is 32.1. The number of aromatic nitrogens is 4. The zero-order valence-electron chi connectivity index (χ0n) is 6.95. The van der Waals surface area contributed by atoms with Gasteiger partial charge in [0.2, 0.25) is 0 Å². The summed E-state index contributed by atoms with van der Waals surface area (Å²) >= 11 is 4.03. The molecule has 14 heavy (non-hydrogen) atoms. The Kier molecular flexibility index (Phi) is 2.08. The van der Waals surface area contributed by atoms with Gasteiger partial charge in [0.25, 0.3) is 0 Å². The number of hydrogen-bond acceptors (Lipinski definition) is 5. The van der Waals surface area contributed by atoms with E-state index in [0.29, 0.717) is 17.2 Å². The number of carbonyl (C=O) groups is 1. The van der Waals surface area contributed by atoms with Gasteiger partial charge in [0.1, 0.15) is 12.2 Å². The van der Waals surface area contributed by atoms with E-state index in [1.165, 1.54) is 16.9 Å². The molecule has 0 aliphatic heterocycles. The SMILES string of the molecule is O=C(O)c1cc2ncnn2c(CS)n1. The number of carboxylic acids is 1. The van der Waals surface area contributed by atoms with Crippen LogP contribution in [-0.2, 0) is 5.75 Å². The molecule has 72 valence electrons. The molecule has 0 fully saturated rings. The molecular weight excluding hydrogens is 204 g/mol. The summed E-state index contributed by atoms with van der Waals surface area (Å²) in [6.07, 6.45) is 1.34. The van der Waals surface area contributed by atoms with Gasteiger partial charge in [0.15, 0.2) is 11.3 Å². The van der Waals surface area contributed by atoms with E-state index in [2.05, 4.69) is 27.7 Å². The summed E-state index contributed by atoms with van der Waals surface area (Å²) in [5.74, 6) is -0.319. The van der Waals surface area contributed by atoms with E-state index in [1.54, 1.807) is 0 Å². The van der Waals surface area contributed by atoms with Crippen LogP contribution < -0.4 is 0 Å². The fraction of sp³-hybridized carbons (Fsp3) is 0.143. The molecule has 2 rings (SSSR count). The molecule has 0 saturated carbocycles. The lowest BCUT2D eigenvalue weighted by atomic mass is 10.4. The summed E-state index contributed by atoms with van der Waals surface area (Å²) in [5, 5.41) is 12.6. The van der Waals surface area contributed by atoms with Crippen LogP contribution >= 0.6 is 12.6 Å². The molecule has 0 saturated heterocycles. The first kappa shape index (κ1) is 8.95. The lowest BCUT2D eigenvalue weighted by molar-refractivity contribution is 0.0690. The molecule has 1 N–H and O–H groups in total. The lowest BCUT2D eigenvalue weighted by Gasteiger charge is -2.00. The molecule has 0 unspecified atom stereocenters. The summed E-state index contributed by atoms with van der Waals surface area (Å²) in [6.45, 7) is 0. The number of thiol groups is 1. The first-order valence-electron chi connectivity index (χ1n) is 3.76. The average Bonchev–Trinajstić information content (AvgIpc) is 2.63. The number of carboxylic acid groups (broad SMARTS) is 1. The maximum absolute atomic E-state index is 10.7. The summed E-state index contributed by atoms with van der Waals surface area (Å²) in [6, 6.07) is 1.36. The van der Waals surface area contributed by atoms with E-state index < -0.39 is 5.97 Å². The van der Waals surface area contributed by atoms with Crippen LogP contribution in [0.15, 0.2) is 12.4 Å². The Morgan fingerprint density at radius 1 is 1.64 bits per heavy atom. The van der Waals surface area contributed by atoms with Crippen molar-refractivity contribution in [2.24, 2.45) is 0 Å². The Morgan fingerprint density at radius 2 is 2.43 bits per heavy atom. The van der Waals surface area contributed by atoms with Gasteiger partial charge >= 0.3 is 5.97 Å². The first-order valence-corrected chi connectivity index (χ1v) is 4.39. The molecule has 0 spiro atoms. The van der Waals surface area contributed by atoms with E-state index in [4.69, 9.17) is 5.11 Å². The zero-order valence-corrected chi connectivity index (χ0v) is 7.85. The van der Waals surface area contributed by atoms with Crippen LogP contribution in [0.1, 0.15) is 16.3 Å². The van der Waals surface area contributed by atoms with E-state index >= 15 is 0 Å². The molecule has 0 aliphatic rings. The third-order valence-electron chi connectivity index (χ3n) is 1.69. The van der Waals surface area contributed by atoms with Crippen LogP contribution in [0.4, 0.5) is 0 Å². The molecular formula is C7H6N4O2S. The van der Waals surface area contributed by atoms with E-state index in [0.717, 1.165) is 0 Å². The molecule has 0 aromatic carbocycles. The Bertz CT molecular complexity index is 495. The van der Waals surface area contributed by atoms with Gasteiger partial charge in [0, 0.05) is 6.07 Å². The average molecular weight is 210 g/mol. The van der Waals surface area contributed by atoms with Crippen LogP contribution in [0, 0.1) is 0 Å². The normalized spacial score (nSPS) is 10.6. The fourth-order valence-corrected chi connectivity index (χ4v) is 1.31. The maximum atomic E-state index is 10.7. The monoisotopic (exact) mass is 210 g/mol. The third-order valence-corrected chi connectivity index (χ3v) is 1.98. The van der Waals surface area contributed by atoms with Crippen molar-refractivity contribution in [1.82, 2.24) is 19.6 Å². The number of aromatic carboxylic acids is 1. The molecule has 7 heteroatoms. The molecule has 0 aliphatic carbocycles. The van der Waals surface area contributed by atoms with E-state index in [1.807, 2.05) is 0 Å². The second-order valence-corrected chi connectivity index (χ2v) is 2.87. The van der Waals surface area contributed by atoms with Gasteiger partial charge < -0.3 is 5.11 Å². The highest BCUT2D eigenvalue weighted by molar-refractivity contribution is 7.79. The van der Waals surface area contributed by atoms with Gasteiger partial charge in [-0.15, -0.1) is 0 Å². The van der Waals surface area contributed by atoms with Crippen molar-refractivity contribution >= 4 is 24.2 Å². The van der Waals surface area contributed by atoms with Gasteiger partial charge in [-0.2, -0.15) is 22.2 Å². The molecule has 0 amide bonds. The number of nitrogens with zero attached hydrogens (tertiary/aromatic N) is 4. The van der Waals surface area contributed by atoms with Crippen LogP contribution in [0.5, 0.6) is 0 Å². The highest BCUT2D eigenvalue weighted by Crippen LogP contribution is 2.06. The van der Waals surface area contributed by atoms with Crippen LogP contribution in [-0.4, -0.2) is 30.7 Å². The maximum Gasteiger partial charge on any atom is 0.354 e. The topological polar surface area (TPSA) is 80.4 Å². The second-order valence-electron chi connectivity index (χ2n) is 2.55. The highest BCUT2D eigenvalue weighted by Gasteiger charge is 2.10. The van der Waals surface area contributed by atoms with Crippen LogP contribution in [0.3, 0.4) is 0 Å². The Hall–Kier alpha value is -1.63. The van der Waals surface area contributed by atoms with E-state index in [9.17, 15) is 4.79 Å². The summed E-state index contributed by atoms with van der Waals surface area (Å²) < 4.78 is 1.46. The Balaban J connectivity index is 2.73. The largest absolute Gasteiger partial charge is 0.477 e. The van der Waals surface area contributed by atoms with Crippen molar-refractivity contribution in [3.8, 4) is 0 Å². The van der Waals surface area contributed by atoms with Crippen LogP contribution in [0.25, 0.3) is 5.65 Å². The molecule has 0 atom stereocenters. The molecule has 6 nitrogen and oxygen atoms in total. The van der Waals surface area contributed by atoms with Crippen molar-refractivity contribution in [2.75, 3.05) is 0 Å². The van der Waals surface area contributed by atoms with Crippen molar-refractivity contribution in [1.29, 1.82) is 0 Å². The Morgan fingerprint density at radius 3 is 3.07 bits per heavy atom.